The molecule has 1 fully saturated rings. The van der Waals surface area contributed by atoms with Gasteiger partial charge in [-0.15, -0.1) is 0 Å². The van der Waals surface area contributed by atoms with Crippen LogP contribution in [0.5, 0.6) is 5.75 Å². The Balaban J connectivity index is 1.90. The van der Waals surface area contributed by atoms with Crippen molar-refractivity contribution < 1.29 is 9.53 Å². The van der Waals surface area contributed by atoms with Crippen molar-refractivity contribution in [2.45, 2.75) is 19.3 Å². The lowest BCUT2D eigenvalue weighted by Crippen LogP contribution is -2.36. The third-order valence-corrected chi connectivity index (χ3v) is 3.22. The average molecular weight is 233 g/mol. The second kappa shape index (κ2) is 5.82. The Morgan fingerprint density at radius 2 is 2.18 bits per heavy atom. The summed E-state index contributed by atoms with van der Waals surface area (Å²) in [6, 6.07) is 8.08. The minimum Gasteiger partial charge on any atom is -0.496 e. The number of hydrogen-bond donors (Lipinski definition) is 0. The number of Topliss-reactive ketones (excluding diaryl/α,β-unsaturated/α-hetero) is 1. The van der Waals surface area contributed by atoms with E-state index in [4.69, 9.17) is 4.74 Å². The highest BCUT2D eigenvalue weighted by molar-refractivity contribution is 5.81. The van der Waals surface area contributed by atoms with Gasteiger partial charge in [-0.05, 0) is 31.0 Å². The lowest BCUT2D eigenvalue weighted by molar-refractivity contribution is -0.122. The van der Waals surface area contributed by atoms with Crippen molar-refractivity contribution in [3.05, 3.63) is 29.8 Å². The summed E-state index contributed by atoms with van der Waals surface area (Å²) in [6.45, 7) is 2.60. The van der Waals surface area contributed by atoms with Gasteiger partial charge in [-0.1, -0.05) is 18.2 Å². The van der Waals surface area contributed by atoms with Crippen molar-refractivity contribution in [2.24, 2.45) is 0 Å². The highest BCUT2D eigenvalue weighted by atomic mass is 16.5. The lowest BCUT2D eigenvalue weighted by atomic mass is 10.1. The number of carbonyl (C=O) groups is 1. The molecule has 3 nitrogen and oxygen atoms in total. The van der Waals surface area contributed by atoms with Crippen LogP contribution in [0.1, 0.15) is 18.4 Å². The van der Waals surface area contributed by atoms with Gasteiger partial charge in [-0.3, -0.25) is 9.69 Å². The van der Waals surface area contributed by atoms with Gasteiger partial charge in [-0.2, -0.15) is 0 Å². The summed E-state index contributed by atoms with van der Waals surface area (Å²) in [5.41, 5.74) is 1.22. The van der Waals surface area contributed by atoms with E-state index in [0.29, 0.717) is 12.3 Å². The molecular formula is C14H19NO2. The monoisotopic (exact) mass is 233 g/mol. The van der Waals surface area contributed by atoms with Crippen LogP contribution in [-0.4, -0.2) is 37.4 Å². The molecule has 0 aliphatic carbocycles. The smallest absolute Gasteiger partial charge is 0.146 e. The van der Waals surface area contributed by atoms with E-state index >= 15 is 0 Å². The Labute approximate surface area is 102 Å². The summed E-state index contributed by atoms with van der Waals surface area (Å²) in [4.78, 5) is 13.6. The summed E-state index contributed by atoms with van der Waals surface area (Å²) in [5, 5.41) is 0. The fourth-order valence-electron chi connectivity index (χ4n) is 2.29. The van der Waals surface area contributed by atoms with Crippen LogP contribution in [0, 0.1) is 0 Å². The van der Waals surface area contributed by atoms with Crippen molar-refractivity contribution in [3.63, 3.8) is 0 Å². The lowest BCUT2D eigenvalue weighted by Gasteiger charge is -2.25. The zero-order valence-electron chi connectivity index (χ0n) is 10.3. The second-order valence-corrected chi connectivity index (χ2v) is 4.48. The van der Waals surface area contributed by atoms with Crippen LogP contribution in [0.15, 0.2) is 24.3 Å². The number of para-hydroxylation sites is 1. The summed E-state index contributed by atoms with van der Waals surface area (Å²) < 4.78 is 5.32. The molecule has 1 aliphatic rings. The molecule has 1 heterocycles. The van der Waals surface area contributed by atoms with E-state index in [-0.39, 0.29) is 0 Å². The molecule has 1 aliphatic heterocycles. The molecule has 1 aromatic carbocycles. The topological polar surface area (TPSA) is 29.5 Å². The highest BCUT2D eigenvalue weighted by Gasteiger charge is 2.16. The molecule has 0 bridgehead atoms. The fraction of sp³-hybridized carbons (Fsp3) is 0.500. The van der Waals surface area contributed by atoms with Gasteiger partial charge in [0.15, 0.2) is 0 Å². The maximum Gasteiger partial charge on any atom is 0.146 e. The third kappa shape index (κ3) is 3.30. The number of methoxy groups -OCH3 is 1. The molecule has 3 heteroatoms. The van der Waals surface area contributed by atoms with Crippen LogP contribution < -0.4 is 4.74 Å². The Hall–Kier alpha value is -1.35. The van der Waals surface area contributed by atoms with Crippen LogP contribution in [0.4, 0.5) is 0 Å². The predicted molar refractivity (Wildman–Crippen MR) is 67.4 cm³/mol. The van der Waals surface area contributed by atoms with Crippen LogP contribution in [-0.2, 0) is 11.2 Å². The maximum absolute atomic E-state index is 11.3. The molecule has 1 aromatic rings. The molecule has 2 rings (SSSR count). The van der Waals surface area contributed by atoms with Gasteiger partial charge in [0.2, 0.25) is 0 Å². The van der Waals surface area contributed by atoms with E-state index < -0.39 is 0 Å². The van der Waals surface area contributed by atoms with E-state index in [9.17, 15) is 4.79 Å². The predicted octanol–water partition coefficient (Wildman–Crippen LogP) is 1.90. The van der Waals surface area contributed by atoms with E-state index in [1.54, 1.807) is 7.11 Å². The molecule has 17 heavy (non-hydrogen) atoms. The number of ether oxygens (including phenoxy) is 1. The van der Waals surface area contributed by atoms with Crippen LogP contribution in [0.3, 0.4) is 0 Å². The van der Waals surface area contributed by atoms with E-state index in [0.717, 1.165) is 38.1 Å². The first kappa shape index (κ1) is 12.1. The number of carbonyl (C=O) groups excluding carboxylic acids is 1. The number of nitrogens with zero attached hydrogens (tertiary/aromatic N) is 1. The number of benzene rings is 1. The van der Waals surface area contributed by atoms with E-state index in [1.807, 2.05) is 18.2 Å². The zero-order chi connectivity index (χ0) is 12.1. The van der Waals surface area contributed by atoms with Gasteiger partial charge in [0.25, 0.3) is 0 Å². The van der Waals surface area contributed by atoms with Crippen LogP contribution in [0.2, 0.25) is 0 Å². The number of piperidine rings is 1. The molecule has 0 atom stereocenters. The maximum atomic E-state index is 11.3. The number of ketones is 1. The Morgan fingerprint density at radius 1 is 1.35 bits per heavy atom. The largest absolute Gasteiger partial charge is 0.496 e. The second-order valence-electron chi connectivity index (χ2n) is 4.48. The van der Waals surface area contributed by atoms with E-state index in [1.165, 1.54) is 5.56 Å². The molecule has 0 radical (unpaired) electrons. The van der Waals surface area contributed by atoms with E-state index in [2.05, 4.69) is 11.0 Å². The normalized spacial score (nSPS) is 17.1. The fourth-order valence-corrected chi connectivity index (χ4v) is 2.29. The molecule has 0 saturated carbocycles. The number of hydrogen-bond acceptors (Lipinski definition) is 3. The van der Waals surface area contributed by atoms with Crippen molar-refractivity contribution in [2.75, 3.05) is 26.7 Å². The van der Waals surface area contributed by atoms with Gasteiger partial charge in [0, 0.05) is 13.0 Å². The molecule has 0 spiro atoms. The van der Waals surface area contributed by atoms with Crippen molar-refractivity contribution in [1.29, 1.82) is 0 Å². The third-order valence-electron chi connectivity index (χ3n) is 3.22. The Kier molecular flexibility index (Phi) is 4.15. The van der Waals surface area contributed by atoms with Crippen LogP contribution in [0.25, 0.3) is 0 Å². The molecule has 0 N–H and O–H groups in total. The van der Waals surface area contributed by atoms with Gasteiger partial charge < -0.3 is 4.74 Å². The van der Waals surface area contributed by atoms with Gasteiger partial charge >= 0.3 is 0 Å². The average Bonchev–Trinajstić information content (AvgIpc) is 2.37. The zero-order valence-corrected chi connectivity index (χ0v) is 10.3. The summed E-state index contributed by atoms with van der Waals surface area (Å²) in [6.07, 6.45) is 2.70. The molecule has 1 saturated heterocycles. The minimum absolute atomic E-state index is 0.372. The standard InChI is InChI=1S/C14H19NO2/c1-17-14-7-3-2-5-12(14)8-10-15-9-4-6-13(16)11-15/h2-3,5,7H,4,6,8-11H2,1H3. The van der Waals surface area contributed by atoms with Gasteiger partial charge in [0.1, 0.15) is 11.5 Å². The molecule has 0 amide bonds. The van der Waals surface area contributed by atoms with Gasteiger partial charge in [-0.25, -0.2) is 0 Å². The molecule has 0 unspecified atom stereocenters. The number of rotatable bonds is 4. The highest BCUT2D eigenvalue weighted by Crippen LogP contribution is 2.18. The molecular weight excluding hydrogens is 214 g/mol. The molecule has 92 valence electrons. The summed E-state index contributed by atoms with van der Waals surface area (Å²) in [7, 11) is 1.70. The van der Waals surface area contributed by atoms with Crippen molar-refractivity contribution in [3.8, 4) is 5.75 Å². The van der Waals surface area contributed by atoms with Gasteiger partial charge in [0.05, 0.1) is 13.7 Å². The molecule has 0 aromatic heterocycles. The van der Waals surface area contributed by atoms with Crippen molar-refractivity contribution in [1.82, 2.24) is 4.90 Å². The first-order valence-electron chi connectivity index (χ1n) is 6.15. The van der Waals surface area contributed by atoms with Crippen LogP contribution >= 0.6 is 0 Å². The quantitative estimate of drug-likeness (QED) is 0.795. The first-order chi connectivity index (χ1) is 8.29. The first-order valence-corrected chi connectivity index (χ1v) is 6.15. The Morgan fingerprint density at radius 3 is 2.94 bits per heavy atom. The minimum atomic E-state index is 0.372. The Bertz CT molecular complexity index is 390. The summed E-state index contributed by atoms with van der Waals surface area (Å²) in [5.74, 6) is 1.31. The summed E-state index contributed by atoms with van der Waals surface area (Å²) >= 11 is 0. The number of likely N-dealkylation sites (tertiary alicyclic amines) is 1. The van der Waals surface area contributed by atoms with Crippen molar-refractivity contribution >= 4 is 5.78 Å². The SMILES string of the molecule is COc1ccccc1CCN1CCCC(=O)C1.